The normalized spacial score (nSPS) is 23.9. The fraction of sp³-hybridized carbons (Fsp3) is 0.857. The van der Waals surface area contributed by atoms with E-state index in [2.05, 4.69) is 17.4 Å². The zero-order chi connectivity index (χ0) is 15.2. The summed E-state index contributed by atoms with van der Waals surface area (Å²) in [6.07, 6.45) is 4.25. The summed E-state index contributed by atoms with van der Waals surface area (Å²) in [6.45, 7) is 5.95. The molecule has 2 atom stereocenters. The number of nitrogens with two attached hydrogens (primary N) is 1. The van der Waals surface area contributed by atoms with Crippen molar-refractivity contribution in [3.8, 4) is 0 Å². The van der Waals surface area contributed by atoms with Crippen LogP contribution in [0.5, 0.6) is 0 Å². The van der Waals surface area contributed by atoms with Gasteiger partial charge in [-0.05, 0) is 37.9 Å². The molecular formula is C14H27N3O2S. The molecule has 0 saturated heterocycles. The molecule has 0 radical (unpaired) electrons. The number of carbonyl (C=O) groups excluding carboxylic acids is 1. The second-order valence-corrected chi connectivity index (χ2v) is 6.91. The van der Waals surface area contributed by atoms with E-state index in [0.717, 1.165) is 25.0 Å². The molecule has 1 fully saturated rings. The van der Waals surface area contributed by atoms with Gasteiger partial charge in [-0.2, -0.15) is 11.8 Å². The summed E-state index contributed by atoms with van der Waals surface area (Å²) in [4.78, 5) is 12.6. The minimum atomic E-state index is -0.884. The van der Waals surface area contributed by atoms with Gasteiger partial charge < -0.3 is 16.3 Å². The average molecular weight is 301 g/mol. The average Bonchev–Trinajstić information content (AvgIpc) is 2.88. The molecule has 0 heterocycles. The Bertz CT molecular complexity index is 356. The maximum absolute atomic E-state index is 12.6. The molecule has 1 aliphatic carbocycles. The van der Waals surface area contributed by atoms with Crippen molar-refractivity contribution in [2.24, 2.45) is 16.3 Å². The van der Waals surface area contributed by atoms with Crippen molar-refractivity contribution >= 4 is 23.5 Å². The molecule has 6 heteroatoms. The molecule has 0 spiro atoms. The highest BCUT2D eigenvalue weighted by Crippen LogP contribution is 2.32. The molecule has 0 aliphatic heterocycles. The van der Waals surface area contributed by atoms with Crippen LogP contribution in [0.4, 0.5) is 0 Å². The fourth-order valence-electron chi connectivity index (χ4n) is 2.93. The van der Waals surface area contributed by atoms with Crippen LogP contribution in [-0.4, -0.2) is 34.0 Å². The summed E-state index contributed by atoms with van der Waals surface area (Å²) in [7, 11) is 0. The van der Waals surface area contributed by atoms with Crippen molar-refractivity contribution in [2.45, 2.75) is 64.2 Å². The Morgan fingerprint density at radius 1 is 1.40 bits per heavy atom. The van der Waals surface area contributed by atoms with E-state index in [1.54, 1.807) is 0 Å². The number of carbonyl (C=O) groups is 1. The van der Waals surface area contributed by atoms with Gasteiger partial charge in [-0.15, -0.1) is 0 Å². The van der Waals surface area contributed by atoms with Gasteiger partial charge in [0.1, 0.15) is 5.41 Å². The first-order chi connectivity index (χ1) is 9.53. The molecule has 0 aromatic rings. The molecular weight excluding hydrogens is 274 g/mol. The van der Waals surface area contributed by atoms with Crippen LogP contribution in [0.3, 0.4) is 0 Å². The van der Waals surface area contributed by atoms with Crippen molar-refractivity contribution in [1.29, 1.82) is 0 Å². The highest BCUT2D eigenvalue weighted by molar-refractivity contribution is 7.99. The Labute approximate surface area is 125 Å². The van der Waals surface area contributed by atoms with Gasteiger partial charge in [0.2, 0.25) is 5.91 Å². The van der Waals surface area contributed by atoms with Crippen LogP contribution in [-0.2, 0) is 4.79 Å². The maximum atomic E-state index is 12.6. The third-order valence-electron chi connectivity index (χ3n) is 4.36. The number of rotatable bonds is 7. The number of thioether (sulfide) groups is 1. The minimum absolute atomic E-state index is 0.0116. The zero-order valence-corrected chi connectivity index (χ0v) is 13.5. The van der Waals surface area contributed by atoms with E-state index in [-0.39, 0.29) is 17.8 Å². The molecule has 0 aromatic carbocycles. The summed E-state index contributed by atoms with van der Waals surface area (Å²) in [6, 6.07) is 0.218. The SMILES string of the molecule is CCSC1CCC(NC(=O)C(CC)(CC)C(N)=NO)C1. The number of nitrogens with one attached hydrogen (secondary N) is 1. The number of amidine groups is 1. The summed E-state index contributed by atoms with van der Waals surface area (Å²) in [5.41, 5.74) is 4.87. The predicted molar refractivity (Wildman–Crippen MR) is 84.1 cm³/mol. The summed E-state index contributed by atoms with van der Waals surface area (Å²) in [5, 5.41) is 15.8. The third-order valence-corrected chi connectivity index (χ3v) is 5.59. The molecule has 1 aliphatic rings. The highest BCUT2D eigenvalue weighted by atomic mass is 32.2. The largest absolute Gasteiger partial charge is 0.409 e. The maximum Gasteiger partial charge on any atom is 0.234 e. The van der Waals surface area contributed by atoms with Gasteiger partial charge in [-0.3, -0.25) is 4.79 Å². The second-order valence-electron chi connectivity index (χ2n) is 5.34. The molecule has 1 amide bonds. The highest BCUT2D eigenvalue weighted by Gasteiger charge is 2.41. The first-order valence-corrected chi connectivity index (χ1v) is 8.49. The van der Waals surface area contributed by atoms with Crippen molar-refractivity contribution in [3.63, 3.8) is 0 Å². The predicted octanol–water partition coefficient (Wildman–Crippen LogP) is 2.33. The van der Waals surface area contributed by atoms with Gasteiger partial charge in [0.15, 0.2) is 5.84 Å². The van der Waals surface area contributed by atoms with Crippen molar-refractivity contribution in [3.05, 3.63) is 0 Å². The number of amides is 1. The van der Waals surface area contributed by atoms with Crippen LogP contribution in [0.1, 0.15) is 52.9 Å². The first kappa shape index (κ1) is 17.1. The molecule has 116 valence electrons. The van der Waals surface area contributed by atoms with Gasteiger partial charge >= 0.3 is 0 Å². The first-order valence-electron chi connectivity index (χ1n) is 7.44. The van der Waals surface area contributed by atoms with E-state index in [0.29, 0.717) is 18.1 Å². The van der Waals surface area contributed by atoms with Crippen LogP contribution in [0.15, 0.2) is 5.16 Å². The number of nitrogens with zero attached hydrogens (tertiary/aromatic N) is 1. The van der Waals surface area contributed by atoms with E-state index in [1.807, 2.05) is 25.6 Å². The smallest absolute Gasteiger partial charge is 0.234 e. The zero-order valence-electron chi connectivity index (χ0n) is 12.7. The van der Waals surface area contributed by atoms with Crippen LogP contribution in [0.2, 0.25) is 0 Å². The van der Waals surface area contributed by atoms with E-state index in [9.17, 15) is 4.79 Å². The van der Waals surface area contributed by atoms with E-state index in [1.165, 1.54) is 0 Å². The van der Waals surface area contributed by atoms with Gasteiger partial charge in [0, 0.05) is 11.3 Å². The van der Waals surface area contributed by atoms with E-state index >= 15 is 0 Å². The summed E-state index contributed by atoms with van der Waals surface area (Å²) in [5.74, 6) is 1.02. The van der Waals surface area contributed by atoms with Crippen molar-refractivity contribution in [1.82, 2.24) is 5.32 Å². The van der Waals surface area contributed by atoms with Crippen molar-refractivity contribution in [2.75, 3.05) is 5.75 Å². The van der Waals surface area contributed by atoms with Gasteiger partial charge in [0.05, 0.1) is 0 Å². The third kappa shape index (κ3) is 3.59. The number of hydrogen-bond donors (Lipinski definition) is 3. The van der Waals surface area contributed by atoms with Crippen LogP contribution in [0.25, 0.3) is 0 Å². The molecule has 20 heavy (non-hydrogen) atoms. The molecule has 4 N–H and O–H groups in total. The van der Waals surface area contributed by atoms with Gasteiger partial charge in [0.25, 0.3) is 0 Å². The Hall–Kier alpha value is -0.910. The minimum Gasteiger partial charge on any atom is -0.409 e. The fourth-order valence-corrected chi connectivity index (χ4v) is 4.07. The van der Waals surface area contributed by atoms with Gasteiger partial charge in [-0.25, -0.2) is 0 Å². The lowest BCUT2D eigenvalue weighted by atomic mass is 9.80. The second kappa shape index (κ2) is 7.76. The lowest BCUT2D eigenvalue weighted by molar-refractivity contribution is -0.128. The lowest BCUT2D eigenvalue weighted by Gasteiger charge is -2.30. The van der Waals surface area contributed by atoms with Gasteiger partial charge in [-0.1, -0.05) is 25.9 Å². The van der Waals surface area contributed by atoms with Crippen LogP contribution < -0.4 is 11.1 Å². The standard InChI is InChI=1S/C14H27N3O2S/c1-4-14(5-2,12(15)17-19)13(18)16-10-7-8-11(9-10)20-6-3/h10-11,19H,4-9H2,1-3H3,(H2,15,17)(H,16,18). The molecule has 1 rings (SSSR count). The molecule has 0 aromatic heterocycles. The molecule has 5 nitrogen and oxygen atoms in total. The number of oxime groups is 1. The summed E-state index contributed by atoms with van der Waals surface area (Å²) >= 11 is 1.96. The quantitative estimate of drug-likeness (QED) is 0.291. The van der Waals surface area contributed by atoms with E-state index < -0.39 is 5.41 Å². The summed E-state index contributed by atoms with van der Waals surface area (Å²) < 4.78 is 0. The number of hydrogen-bond acceptors (Lipinski definition) is 4. The Balaban J connectivity index is 2.69. The topological polar surface area (TPSA) is 87.7 Å². The van der Waals surface area contributed by atoms with E-state index in [4.69, 9.17) is 10.9 Å². The molecule has 2 unspecified atom stereocenters. The molecule has 1 saturated carbocycles. The Morgan fingerprint density at radius 2 is 2.05 bits per heavy atom. The van der Waals surface area contributed by atoms with Crippen molar-refractivity contribution < 1.29 is 10.0 Å². The van der Waals surface area contributed by atoms with Crippen LogP contribution in [0, 0.1) is 5.41 Å². The Kier molecular flexibility index (Phi) is 6.65. The Morgan fingerprint density at radius 3 is 2.55 bits per heavy atom. The monoisotopic (exact) mass is 301 g/mol. The van der Waals surface area contributed by atoms with Crippen LogP contribution >= 0.6 is 11.8 Å². The lowest BCUT2D eigenvalue weighted by Crippen LogP contribution is -2.51. The molecule has 0 bridgehead atoms.